The van der Waals surface area contributed by atoms with E-state index in [1.165, 1.54) is 5.56 Å². The smallest absolute Gasteiger partial charge is 0.127 e. The van der Waals surface area contributed by atoms with Gasteiger partial charge in [-0.05, 0) is 61.3 Å². The van der Waals surface area contributed by atoms with Crippen molar-refractivity contribution in [3.05, 3.63) is 54.1 Å². The Morgan fingerprint density at radius 2 is 1.70 bits per heavy atom. The standard InChI is InChI=1S/C17H21NO2/c1-2-12-19-15-6-8-16(9-7-15)20-17-5-3-4-14(13-17)10-11-18/h3-9,13H,2,10-12,18H2,1H3. The van der Waals surface area contributed by atoms with Gasteiger partial charge in [0.25, 0.3) is 0 Å². The highest BCUT2D eigenvalue weighted by atomic mass is 16.5. The third-order valence-corrected chi connectivity index (χ3v) is 2.86. The molecule has 3 nitrogen and oxygen atoms in total. The highest BCUT2D eigenvalue weighted by Crippen LogP contribution is 2.24. The lowest BCUT2D eigenvalue weighted by Crippen LogP contribution is -2.02. The van der Waals surface area contributed by atoms with Gasteiger partial charge in [0.2, 0.25) is 0 Å². The molecule has 0 aliphatic carbocycles. The summed E-state index contributed by atoms with van der Waals surface area (Å²) in [4.78, 5) is 0. The third kappa shape index (κ3) is 4.28. The fourth-order valence-corrected chi connectivity index (χ4v) is 1.89. The van der Waals surface area contributed by atoms with Crippen molar-refractivity contribution in [3.63, 3.8) is 0 Å². The summed E-state index contributed by atoms with van der Waals surface area (Å²) >= 11 is 0. The van der Waals surface area contributed by atoms with E-state index in [0.717, 1.165) is 36.7 Å². The lowest BCUT2D eigenvalue weighted by atomic mass is 10.1. The molecule has 0 unspecified atom stereocenters. The first kappa shape index (κ1) is 14.4. The van der Waals surface area contributed by atoms with Gasteiger partial charge in [0.15, 0.2) is 0 Å². The predicted molar refractivity (Wildman–Crippen MR) is 81.5 cm³/mol. The van der Waals surface area contributed by atoms with E-state index in [9.17, 15) is 0 Å². The maximum atomic E-state index is 5.83. The van der Waals surface area contributed by atoms with Crippen molar-refractivity contribution in [1.82, 2.24) is 0 Å². The van der Waals surface area contributed by atoms with Gasteiger partial charge in [-0.1, -0.05) is 19.1 Å². The lowest BCUT2D eigenvalue weighted by Gasteiger charge is -2.09. The van der Waals surface area contributed by atoms with Gasteiger partial charge in [0.1, 0.15) is 17.2 Å². The van der Waals surface area contributed by atoms with E-state index in [2.05, 4.69) is 13.0 Å². The quantitative estimate of drug-likeness (QED) is 0.833. The van der Waals surface area contributed by atoms with Gasteiger partial charge in [-0.15, -0.1) is 0 Å². The largest absolute Gasteiger partial charge is 0.494 e. The molecule has 3 heteroatoms. The molecule has 2 aromatic rings. The van der Waals surface area contributed by atoms with Gasteiger partial charge < -0.3 is 15.2 Å². The third-order valence-electron chi connectivity index (χ3n) is 2.86. The maximum Gasteiger partial charge on any atom is 0.127 e. The van der Waals surface area contributed by atoms with Crippen molar-refractivity contribution in [2.24, 2.45) is 5.73 Å². The first-order chi connectivity index (χ1) is 9.81. The van der Waals surface area contributed by atoms with Crippen LogP contribution in [0.15, 0.2) is 48.5 Å². The van der Waals surface area contributed by atoms with Crippen molar-refractivity contribution in [2.75, 3.05) is 13.2 Å². The monoisotopic (exact) mass is 271 g/mol. The molecule has 0 saturated carbocycles. The Bertz CT molecular complexity index is 523. The number of ether oxygens (including phenoxy) is 2. The molecule has 0 aliphatic rings. The first-order valence-corrected chi connectivity index (χ1v) is 7.01. The Hall–Kier alpha value is -2.00. The number of rotatable bonds is 7. The molecule has 106 valence electrons. The van der Waals surface area contributed by atoms with E-state index >= 15 is 0 Å². The summed E-state index contributed by atoms with van der Waals surface area (Å²) in [6.07, 6.45) is 1.87. The van der Waals surface area contributed by atoms with Crippen LogP contribution in [-0.4, -0.2) is 13.2 Å². The summed E-state index contributed by atoms with van der Waals surface area (Å²) in [6, 6.07) is 15.7. The van der Waals surface area contributed by atoms with Gasteiger partial charge in [0, 0.05) is 0 Å². The molecule has 2 rings (SSSR count). The summed E-state index contributed by atoms with van der Waals surface area (Å²) in [6.45, 7) is 3.47. The minimum absolute atomic E-state index is 0.646. The second-order valence-corrected chi connectivity index (χ2v) is 4.61. The van der Waals surface area contributed by atoms with Crippen LogP contribution in [0.1, 0.15) is 18.9 Å². The Labute approximate surface area is 120 Å². The number of hydrogen-bond donors (Lipinski definition) is 1. The number of hydrogen-bond acceptors (Lipinski definition) is 3. The van der Waals surface area contributed by atoms with E-state index in [1.54, 1.807) is 0 Å². The second-order valence-electron chi connectivity index (χ2n) is 4.61. The van der Waals surface area contributed by atoms with Crippen LogP contribution in [0.5, 0.6) is 17.2 Å². The van der Waals surface area contributed by atoms with Crippen LogP contribution in [0, 0.1) is 0 Å². The Morgan fingerprint density at radius 3 is 2.40 bits per heavy atom. The molecule has 2 N–H and O–H groups in total. The van der Waals surface area contributed by atoms with E-state index in [0.29, 0.717) is 6.54 Å². The van der Waals surface area contributed by atoms with Crippen molar-refractivity contribution >= 4 is 0 Å². The minimum Gasteiger partial charge on any atom is -0.494 e. The molecule has 2 aromatic carbocycles. The molecule has 20 heavy (non-hydrogen) atoms. The van der Waals surface area contributed by atoms with Crippen LogP contribution >= 0.6 is 0 Å². The Balaban J connectivity index is 2.00. The molecule has 0 aliphatic heterocycles. The van der Waals surface area contributed by atoms with Gasteiger partial charge in [-0.2, -0.15) is 0 Å². The van der Waals surface area contributed by atoms with E-state index in [4.69, 9.17) is 15.2 Å². The lowest BCUT2D eigenvalue weighted by molar-refractivity contribution is 0.317. The molecule has 0 fully saturated rings. The van der Waals surface area contributed by atoms with Gasteiger partial charge in [-0.25, -0.2) is 0 Å². The molecule has 0 amide bonds. The van der Waals surface area contributed by atoms with Crippen LogP contribution in [-0.2, 0) is 6.42 Å². The Morgan fingerprint density at radius 1 is 0.950 bits per heavy atom. The SMILES string of the molecule is CCCOc1ccc(Oc2cccc(CCN)c2)cc1. The zero-order chi connectivity index (χ0) is 14.2. The molecular weight excluding hydrogens is 250 g/mol. The van der Waals surface area contributed by atoms with Crippen molar-refractivity contribution in [3.8, 4) is 17.2 Å². The zero-order valence-corrected chi connectivity index (χ0v) is 11.8. The van der Waals surface area contributed by atoms with Crippen LogP contribution in [0.2, 0.25) is 0 Å². The summed E-state index contributed by atoms with van der Waals surface area (Å²) in [5.74, 6) is 2.51. The molecule has 0 aromatic heterocycles. The fraction of sp³-hybridized carbons (Fsp3) is 0.294. The van der Waals surface area contributed by atoms with Crippen LogP contribution < -0.4 is 15.2 Å². The molecular formula is C17H21NO2. The van der Waals surface area contributed by atoms with Gasteiger partial charge in [-0.3, -0.25) is 0 Å². The molecule has 0 bridgehead atoms. The highest BCUT2D eigenvalue weighted by molar-refractivity contribution is 5.36. The van der Waals surface area contributed by atoms with E-state index < -0.39 is 0 Å². The van der Waals surface area contributed by atoms with Crippen molar-refractivity contribution < 1.29 is 9.47 Å². The van der Waals surface area contributed by atoms with E-state index in [1.807, 2.05) is 42.5 Å². The summed E-state index contributed by atoms with van der Waals surface area (Å²) in [7, 11) is 0. The average Bonchev–Trinajstić information content (AvgIpc) is 2.47. The topological polar surface area (TPSA) is 44.5 Å². The second kappa shape index (κ2) is 7.56. The summed E-state index contributed by atoms with van der Waals surface area (Å²) in [5, 5.41) is 0. The normalized spacial score (nSPS) is 10.3. The van der Waals surface area contributed by atoms with Gasteiger partial charge >= 0.3 is 0 Å². The van der Waals surface area contributed by atoms with Crippen LogP contribution in [0.3, 0.4) is 0 Å². The maximum absolute atomic E-state index is 5.83. The fourth-order valence-electron chi connectivity index (χ4n) is 1.89. The van der Waals surface area contributed by atoms with Crippen LogP contribution in [0.4, 0.5) is 0 Å². The number of benzene rings is 2. The average molecular weight is 271 g/mol. The van der Waals surface area contributed by atoms with Gasteiger partial charge in [0.05, 0.1) is 6.61 Å². The minimum atomic E-state index is 0.646. The van der Waals surface area contributed by atoms with E-state index in [-0.39, 0.29) is 0 Å². The summed E-state index contributed by atoms with van der Waals surface area (Å²) < 4.78 is 11.4. The Kier molecular flexibility index (Phi) is 5.44. The predicted octanol–water partition coefficient (Wildman–Crippen LogP) is 3.77. The zero-order valence-electron chi connectivity index (χ0n) is 11.8. The molecule has 0 radical (unpaired) electrons. The van der Waals surface area contributed by atoms with Crippen LogP contribution in [0.25, 0.3) is 0 Å². The highest BCUT2D eigenvalue weighted by Gasteiger charge is 2.00. The molecule has 0 saturated heterocycles. The summed E-state index contributed by atoms with van der Waals surface area (Å²) in [5.41, 5.74) is 6.75. The number of nitrogens with two attached hydrogens (primary N) is 1. The van der Waals surface area contributed by atoms with Crippen molar-refractivity contribution in [2.45, 2.75) is 19.8 Å². The first-order valence-electron chi connectivity index (χ1n) is 7.01. The molecule has 0 heterocycles. The molecule has 0 spiro atoms. The van der Waals surface area contributed by atoms with Crippen molar-refractivity contribution in [1.29, 1.82) is 0 Å². The molecule has 0 atom stereocenters.